The Bertz CT molecular complexity index is 1090. The monoisotopic (exact) mass is 458 g/mol. The number of halogens is 3. The third-order valence-corrected chi connectivity index (χ3v) is 6.15. The molecule has 1 heterocycles. The number of carbonyl (C=O) groups is 1. The second-order valence-corrected chi connectivity index (χ2v) is 8.50. The molecule has 1 atom stereocenters. The van der Waals surface area contributed by atoms with Crippen LogP contribution in [0.3, 0.4) is 0 Å². The van der Waals surface area contributed by atoms with Gasteiger partial charge in [-0.25, -0.2) is 4.79 Å². The number of aryl methyl sites for hydroxylation is 1. The van der Waals surface area contributed by atoms with Gasteiger partial charge >= 0.3 is 12.1 Å². The Kier molecular flexibility index (Phi) is 6.49. The number of ether oxygens (including phenoxy) is 1. The summed E-state index contributed by atoms with van der Waals surface area (Å²) in [6.07, 6.45) is 0.552. The molecule has 0 radical (unpaired) electrons. The van der Waals surface area contributed by atoms with Crippen LogP contribution in [-0.4, -0.2) is 11.1 Å². The van der Waals surface area contributed by atoms with Gasteiger partial charge in [-0.3, -0.25) is 0 Å². The summed E-state index contributed by atoms with van der Waals surface area (Å²) in [6, 6.07) is 13.0. The van der Waals surface area contributed by atoms with Crippen molar-refractivity contribution in [1.82, 2.24) is 0 Å². The molecule has 7 heteroatoms. The predicted octanol–water partition coefficient (Wildman–Crippen LogP) is 7.67. The lowest BCUT2D eigenvalue weighted by atomic mass is 9.83. The summed E-state index contributed by atoms with van der Waals surface area (Å²) in [4.78, 5) is 11.1. The van der Waals surface area contributed by atoms with E-state index < -0.39 is 17.7 Å². The number of rotatable bonds is 6. The van der Waals surface area contributed by atoms with E-state index in [4.69, 9.17) is 14.3 Å². The van der Waals surface area contributed by atoms with Crippen molar-refractivity contribution in [3.05, 3.63) is 77.0 Å². The number of carboxylic acid groups (broad SMARTS) is 1. The Morgan fingerprint density at radius 1 is 1.03 bits per heavy atom. The highest BCUT2D eigenvalue weighted by molar-refractivity contribution is 5.87. The Labute approximate surface area is 190 Å². The fourth-order valence-electron chi connectivity index (χ4n) is 4.37. The molecule has 0 spiro atoms. The number of benzene rings is 2. The van der Waals surface area contributed by atoms with E-state index in [1.807, 2.05) is 13.0 Å². The van der Waals surface area contributed by atoms with Crippen LogP contribution in [0.4, 0.5) is 13.2 Å². The van der Waals surface area contributed by atoms with Gasteiger partial charge < -0.3 is 14.3 Å². The summed E-state index contributed by atoms with van der Waals surface area (Å²) in [5, 5.41) is 9.13. The van der Waals surface area contributed by atoms with E-state index >= 15 is 0 Å². The van der Waals surface area contributed by atoms with Crippen molar-refractivity contribution < 1.29 is 32.2 Å². The maximum Gasteiger partial charge on any atom is 0.416 e. The molecule has 4 rings (SSSR count). The molecule has 0 saturated heterocycles. The normalized spacial score (nSPS) is 15.9. The standard InChI is InChI=1S/C26H25F3O4/c1-16-15-22(17-7-11-20(12-8-17)26(27,28)29)33-23(16)24(18-5-3-2-4-6-18)32-21-13-9-19(10-14-21)25(30)31/h7-15,18,24H,2-6H2,1H3,(H,30,31). The van der Waals surface area contributed by atoms with Crippen LogP contribution in [0.1, 0.15) is 65.5 Å². The van der Waals surface area contributed by atoms with Crippen molar-refractivity contribution in [1.29, 1.82) is 0 Å². The van der Waals surface area contributed by atoms with Crippen molar-refractivity contribution >= 4 is 5.97 Å². The summed E-state index contributed by atoms with van der Waals surface area (Å²) in [6.45, 7) is 1.90. The second kappa shape index (κ2) is 9.33. The predicted molar refractivity (Wildman–Crippen MR) is 117 cm³/mol. The van der Waals surface area contributed by atoms with E-state index in [0.717, 1.165) is 43.4 Å². The van der Waals surface area contributed by atoms with Crippen molar-refractivity contribution in [2.24, 2.45) is 5.92 Å². The van der Waals surface area contributed by atoms with E-state index in [2.05, 4.69) is 0 Å². The summed E-state index contributed by atoms with van der Waals surface area (Å²) >= 11 is 0. The number of hydrogen-bond donors (Lipinski definition) is 1. The maximum atomic E-state index is 12.9. The Morgan fingerprint density at radius 2 is 1.67 bits per heavy atom. The first-order chi connectivity index (χ1) is 15.7. The molecule has 0 amide bonds. The van der Waals surface area contributed by atoms with Gasteiger partial charge in [-0.1, -0.05) is 31.4 Å². The van der Waals surface area contributed by atoms with Gasteiger partial charge in [0, 0.05) is 11.5 Å². The van der Waals surface area contributed by atoms with Gasteiger partial charge in [0.05, 0.1) is 11.1 Å². The molecule has 1 aliphatic carbocycles. The van der Waals surface area contributed by atoms with Crippen LogP contribution in [0, 0.1) is 12.8 Å². The number of furan rings is 1. The minimum Gasteiger partial charge on any atom is -0.482 e. The molecule has 0 bridgehead atoms. The molecule has 1 aromatic heterocycles. The average Bonchev–Trinajstić information content (AvgIpc) is 3.19. The lowest BCUT2D eigenvalue weighted by Gasteiger charge is -2.30. The van der Waals surface area contributed by atoms with E-state index in [1.54, 1.807) is 12.1 Å². The van der Waals surface area contributed by atoms with Gasteiger partial charge in [-0.05, 0) is 67.8 Å². The van der Waals surface area contributed by atoms with Crippen LogP contribution in [0.2, 0.25) is 0 Å². The molecule has 1 N–H and O–H groups in total. The van der Waals surface area contributed by atoms with Crippen molar-refractivity contribution in [2.75, 3.05) is 0 Å². The summed E-state index contributed by atoms with van der Waals surface area (Å²) in [7, 11) is 0. The molecular weight excluding hydrogens is 433 g/mol. The van der Waals surface area contributed by atoms with E-state index in [9.17, 15) is 18.0 Å². The van der Waals surface area contributed by atoms with Crippen LogP contribution < -0.4 is 4.74 Å². The number of aromatic carboxylic acids is 1. The molecule has 1 saturated carbocycles. The molecule has 4 nitrogen and oxygen atoms in total. The third-order valence-electron chi connectivity index (χ3n) is 6.15. The van der Waals surface area contributed by atoms with Gasteiger partial charge in [-0.2, -0.15) is 13.2 Å². The van der Waals surface area contributed by atoms with Crippen molar-refractivity contribution in [3.63, 3.8) is 0 Å². The maximum absolute atomic E-state index is 12.9. The van der Waals surface area contributed by atoms with Crippen LogP contribution in [0.25, 0.3) is 11.3 Å². The van der Waals surface area contributed by atoms with Crippen LogP contribution >= 0.6 is 0 Å². The molecule has 0 aliphatic heterocycles. The van der Waals surface area contributed by atoms with E-state index in [1.165, 1.54) is 30.7 Å². The highest BCUT2D eigenvalue weighted by Crippen LogP contribution is 2.41. The fraction of sp³-hybridized carbons (Fsp3) is 0.346. The number of carboxylic acids is 1. The van der Waals surface area contributed by atoms with Crippen LogP contribution in [0.15, 0.2) is 59.0 Å². The zero-order valence-corrected chi connectivity index (χ0v) is 18.2. The van der Waals surface area contributed by atoms with Crippen molar-refractivity contribution in [2.45, 2.75) is 51.3 Å². The molecule has 2 aromatic carbocycles. The first kappa shape index (κ1) is 23.0. The minimum absolute atomic E-state index is 0.176. The zero-order chi connectivity index (χ0) is 23.6. The topological polar surface area (TPSA) is 59.7 Å². The quantitative estimate of drug-likeness (QED) is 0.412. The summed E-state index contributed by atoms with van der Waals surface area (Å²) in [5.41, 5.74) is 0.895. The van der Waals surface area contributed by atoms with E-state index in [-0.39, 0.29) is 17.6 Å². The Hall–Kier alpha value is -3.22. The summed E-state index contributed by atoms with van der Waals surface area (Å²) < 4.78 is 51.2. The van der Waals surface area contributed by atoms with Gasteiger partial charge in [-0.15, -0.1) is 0 Å². The first-order valence-electron chi connectivity index (χ1n) is 11.0. The molecule has 174 valence electrons. The number of alkyl halides is 3. The molecular formula is C26H25F3O4. The largest absolute Gasteiger partial charge is 0.482 e. The molecule has 1 unspecified atom stereocenters. The van der Waals surface area contributed by atoms with Gasteiger partial charge in [0.1, 0.15) is 17.3 Å². The molecule has 3 aromatic rings. The second-order valence-electron chi connectivity index (χ2n) is 8.50. The fourth-order valence-corrected chi connectivity index (χ4v) is 4.37. The lowest BCUT2D eigenvalue weighted by molar-refractivity contribution is -0.137. The third kappa shape index (κ3) is 5.24. The highest BCUT2D eigenvalue weighted by atomic mass is 19.4. The van der Waals surface area contributed by atoms with E-state index in [0.29, 0.717) is 22.8 Å². The number of hydrogen-bond acceptors (Lipinski definition) is 3. The van der Waals surface area contributed by atoms with Gasteiger partial charge in [0.15, 0.2) is 6.10 Å². The van der Waals surface area contributed by atoms with Gasteiger partial charge in [0.2, 0.25) is 0 Å². The Morgan fingerprint density at radius 3 is 2.24 bits per heavy atom. The zero-order valence-electron chi connectivity index (χ0n) is 18.2. The SMILES string of the molecule is Cc1cc(-c2ccc(C(F)(F)F)cc2)oc1C(Oc1ccc(C(=O)O)cc1)C1CCCCC1. The highest BCUT2D eigenvalue weighted by Gasteiger charge is 2.32. The van der Waals surface area contributed by atoms with Crippen LogP contribution in [0.5, 0.6) is 5.75 Å². The lowest BCUT2D eigenvalue weighted by Crippen LogP contribution is -2.21. The molecule has 33 heavy (non-hydrogen) atoms. The molecule has 1 aliphatic rings. The molecule has 1 fully saturated rings. The minimum atomic E-state index is -4.39. The summed E-state index contributed by atoms with van der Waals surface area (Å²) in [5.74, 6) is 0.903. The average molecular weight is 458 g/mol. The smallest absolute Gasteiger partial charge is 0.416 e. The van der Waals surface area contributed by atoms with Crippen molar-refractivity contribution in [3.8, 4) is 17.1 Å². The van der Waals surface area contributed by atoms with Crippen LogP contribution in [-0.2, 0) is 6.18 Å². The first-order valence-corrected chi connectivity index (χ1v) is 11.0. The van der Waals surface area contributed by atoms with Gasteiger partial charge in [0.25, 0.3) is 0 Å². The Balaban J connectivity index is 1.64.